The van der Waals surface area contributed by atoms with Gasteiger partial charge in [0.25, 0.3) is 0 Å². The van der Waals surface area contributed by atoms with Gasteiger partial charge in [0.15, 0.2) is 17.2 Å². The zero-order valence-corrected chi connectivity index (χ0v) is 9.08. The minimum absolute atomic E-state index is 0.0904. The average molecular weight is 221 g/mol. The number of carbonyl (C=O) groups excluding carboxylic acids is 1. The molecule has 0 amide bonds. The maximum atomic E-state index is 13.3. The van der Waals surface area contributed by atoms with Crippen LogP contribution >= 0.6 is 0 Å². The molecule has 4 heteroatoms. The lowest BCUT2D eigenvalue weighted by Gasteiger charge is -2.13. The van der Waals surface area contributed by atoms with E-state index < -0.39 is 11.4 Å². The average Bonchev–Trinajstić information content (AvgIpc) is 2.60. The second-order valence-corrected chi connectivity index (χ2v) is 4.32. The van der Waals surface area contributed by atoms with Crippen molar-refractivity contribution in [2.75, 3.05) is 0 Å². The van der Waals surface area contributed by atoms with Gasteiger partial charge in [-0.3, -0.25) is 4.79 Å². The van der Waals surface area contributed by atoms with E-state index in [1.54, 1.807) is 26.0 Å². The Morgan fingerprint density at radius 3 is 2.69 bits per heavy atom. The molecule has 1 aromatic carbocycles. The summed E-state index contributed by atoms with van der Waals surface area (Å²) in [6, 6.07) is 6.04. The van der Waals surface area contributed by atoms with Gasteiger partial charge in [-0.05, 0) is 26.0 Å². The summed E-state index contributed by atoms with van der Waals surface area (Å²) in [5.41, 5.74) is 4.74. The van der Waals surface area contributed by atoms with Crippen molar-refractivity contribution >= 4 is 16.8 Å². The van der Waals surface area contributed by atoms with Crippen LogP contribution in [0.3, 0.4) is 0 Å². The quantitative estimate of drug-likeness (QED) is 0.792. The fraction of sp³-hybridized carbons (Fsp3) is 0.250. The smallest absolute Gasteiger partial charge is 0.217 e. The third kappa shape index (κ3) is 1.72. The van der Waals surface area contributed by atoms with Gasteiger partial charge in [-0.2, -0.15) is 0 Å². The van der Waals surface area contributed by atoms with Crippen molar-refractivity contribution in [2.45, 2.75) is 19.4 Å². The number of furan rings is 1. The molecule has 0 unspecified atom stereocenters. The van der Waals surface area contributed by atoms with Crippen molar-refractivity contribution in [1.29, 1.82) is 0 Å². The van der Waals surface area contributed by atoms with E-state index in [0.717, 1.165) is 0 Å². The SMILES string of the molecule is CC(C)(N)C(=O)c1cc2cccc(F)c2o1. The first kappa shape index (κ1) is 10.8. The minimum atomic E-state index is -1.02. The Hall–Kier alpha value is -1.68. The Morgan fingerprint density at radius 2 is 2.12 bits per heavy atom. The van der Waals surface area contributed by atoms with E-state index in [1.165, 1.54) is 12.1 Å². The molecule has 0 radical (unpaired) electrons. The normalized spacial score (nSPS) is 12.0. The summed E-state index contributed by atoms with van der Waals surface area (Å²) >= 11 is 0. The summed E-state index contributed by atoms with van der Waals surface area (Å²) in [7, 11) is 0. The summed E-state index contributed by atoms with van der Waals surface area (Å²) in [5.74, 6) is -0.734. The van der Waals surface area contributed by atoms with Crippen LogP contribution in [0.25, 0.3) is 11.0 Å². The van der Waals surface area contributed by atoms with E-state index in [2.05, 4.69) is 0 Å². The summed E-state index contributed by atoms with van der Waals surface area (Å²) in [4.78, 5) is 11.8. The molecule has 0 aliphatic rings. The van der Waals surface area contributed by atoms with Gasteiger partial charge in [0.2, 0.25) is 5.78 Å². The number of para-hydroxylation sites is 1. The number of hydrogen-bond acceptors (Lipinski definition) is 3. The predicted octanol–water partition coefficient (Wildman–Crippen LogP) is 2.49. The molecule has 0 aliphatic heterocycles. The molecule has 2 aromatic rings. The highest BCUT2D eigenvalue weighted by atomic mass is 19.1. The molecule has 16 heavy (non-hydrogen) atoms. The first-order valence-electron chi connectivity index (χ1n) is 4.91. The first-order chi connectivity index (χ1) is 7.39. The highest BCUT2D eigenvalue weighted by molar-refractivity contribution is 6.03. The van der Waals surface area contributed by atoms with Crippen LogP contribution in [0.15, 0.2) is 28.7 Å². The number of carbonyl (C=O) groups is 1. The van der Waals surface area contributed by atoms with Crippen LogP contribution in [-0.2, 0) is 0 Å². The summed E-state index contributed by atoms with van der Waals surface area (Å²) < 4.78 is 18.5. The molecular formula is C12H12FNO2. The zero-order chi connectivity index (χ0) is 11.9. The molecule has 1 heterocycles. The van der Waals surface area contributed by atoms with Gasteiger partial charge < -0.3 is 10.2 Å². The molecule has 2 N–H and O–H groups in total. The molecule has 0 aliphatic carbocycles. The minimum Gasteiger partial charge on any atom is -0.450 e. The van der Waals surface area contributed by atoms with Crippen LogP contribution in [0.1, 0.15) is 24.4 Å². The summed E-state index contributed by atoms with van der Waals surface area (Å²) in [5, 5.41) is 0.563. The van der Waals surface area contributed by atoms with Crippen LogP contribution < -0.4 is 5.73 Å². The lowest BCUT2D eigenvalue weighted by atomic mass is 9.99. The number of halogens is 1. The van der Waals surface area contributed by atoms with Gasteiger partial charge in [-0.25, -0.2) is 4.39 Å². The second kappa shape index (κ2) is 3.42. The molecular weight excluding hydrogens is 209 g/mol. The second-order valence-electron chi connectivity index (χ2n) is 4.32. The maximum absolute atomic E-state index is 13.3. The van der Waals surface area contributed by atoms with Crippen LogP contribution in [0.2, 0.25) is 0 Å². The molecule has 84 valence electrons. The molecule has 0 bridgehead atoms. The van der Waals surface area contributed by atoms with Crippen LogP contribution in [0.5, 0.6) is 0 Å². The number of Topliss-reactive ketones (excluding diaryl/α,β-unsaturated/α-hetero) is 1. The number of ketones is 1. The molecule has 1 aromatic heterocycles. The highest BCUT2D eigenvalue weighted by Gasteiger charge is 2.27. The van der Waals surface area contributed by atoms with Crippen molar-refractivity contribution in [3.8, 4) is 0 Å². The Balaban J connectivity index is 2.56. The highest BCUT2D eigenvalue weighted by Crippen LogP contribution is 2.24. The zero-order valence-electron chi connectivity index (χ0n) is 9.08. The van der Waals surface area contributed by atoms with Crippen LogP contribution in [0, 0.1) is 5.82 Å². The van der Waals surface area contributed by atoms with Gasteiger partial charge in [0.05, 0.1) is 5.54 Å². The Labute approximate surface area is 92.0 Å². The Morgan fingerprint density at radius 1 is 1.44 bits per heavy atom. The molecule has 0 saturated heterocycles. The van der Waals surface area contributed by atoms with E-state index in [1.807, 2.05) is 0 Å². The fourth-order valence-electron chi connectivity index (χ4n) is 1.46. The summed E-state index contributed by atoms with van der Waals surface area (Å²) in [6.45, 7) is 3.16. The van der Waals surface area contributed by atoms with Crippen molar-refractivity contribution in [3.05, 3.63) is 35.8 Å². The Bertz CT molecular complexity index is 552. The lowest BCUT2D eigenvalue weighted by Crippen LogP contribution is -2.41. The lowest BCUT2D eigenvalue weighted by molar-refractivity contribution is 0.0887. The number of benzene rings is 1. The van der Waals surface area contributed by atoms with Gasteiger partial charge in [-0.1, -0.05) is 12.1 Å². The largest absolute Gasteiger partial charge is 0.450 e. The maximum Gasteiger partial charge on any atom is 0.217 e. The van der Waals surface area contributed by atoms with E-state index in [0.29, 0.717) is 5.39 Å². The third-order valence-electron chi connectivity index (χ3n) is 2.31. The van der Waals surface area contributed by atoms with E-state index in [4.69, 9.17) is 10.2 Å². The van der Waals surface area contributed by atoms with E-state index in [9.17, 15) is 9.18 Å². The van der Waals surface area contributed by atoms with Crippen molar-refractivity contribution < 1.29 is 13.6 Å². The van der Waals surface area contributed by atoms with Gasteiger partial charge in [0.1, 0.15) is 0 Å². The van der Waals surface area contributed by atoms with E-state index >= 15 is 0 Å². The molecule has 2 rings (SSSR count). The first-order valence-corrected chi connectivity index (χ1v) is 4.91. The molecule has 0 saturated carbocycles. The molecule has 3 nitrogen and oxygen atoms in total. The third-order valence-corrected chi connectivity index (χ3v) is 2.31. The number of fused-ring (bicyclic) bond motifs is 1. The van der Waals surface area contributed by atoms with E-state index in [-0.39, 0.29) is 17.1 Å². The topological polar surface area (TPSA) is 56.2 Å². The number of hydrogen-bond donors (Lipinski definition) is 1. The number of nitrogens with two attached hydrogens (primary N) is 1. The fourth-order valence-corrected chi connectivity index (χ4v) is 1.46. The van der Waals surface area contributed by atoms with Gasteiger partial charge in [-0.15, -0.1) is 0 Å². The van der Waals surface area contributed by atoms with Gasteiger partial charge >= 0.3 is 0 Å². The van der Waals surface area contributed by atoms with Crippen molar-refractivity contribution in [2.24, 2.45) is 5.73 Å². The van der Waals surface area contributed by atoms with Crippen LogP contribution in [-0.4, -0.2) is 11.3 Å². The molecule has 0 fully saturated rings. The van der Waals surface area contributed by atoms with Crippen molar-refractivity contribution in [3.63, 3.8) is 0 Å². The molecule has 0 atom stereocenters. The molecule has 0 spiro atoms. The Kier molecular flexibility index (Phi) is 2.31. The predicted molar refractivity (Wildman–Crippen MR) is 58.8 cm³/mol. The van der Waals surface area contributed by atoms with Gasteiger partial charge in [0, 0.05) is 5.39 Å². The monoisotopic (exact) mass is 221 g/mol. The van der Waals surface area contributed by atoms with Crippen molar-refractivity contribution in [1.82, 2.24) is 0 Å². The summed E-state index contributed by atoms with van der Waals surface area (Å²) in [6.07, 6.45) is 0. The van der Waals surface area contributed by atoms with Crippen LogP contribution in [0.4, 0.5) is 4.39 Å². The standard InChI is InChI=1S/C12H12FNO2/c1-12(2,14)11(15)9-6-7-4-3-5-8(13)10(7)16-9/h3-6H,14H2,1-2H3. The number of rotatable bonds is 2.